The Morgan fingerprint density at radius 1 is 1.37 bits per heavy atom. The van der Waals surface area contributed by atoms with E-state index in [9.17, 15) is 14.0 Å². The number of carboxylic acids is 1. The minimum Gasteiger partial charge on any atom is -0.489 e. The summed E-state index contributed by atoms with van der Waals surface area (Å²) in [4.78, 5) is 22.1. The van der Waals surface area contributed by atoms with Crippen LogP contribution in [0, 0.1) is 11.2 Å². The number of carbonyl (C=O) groups is 2. The van der Waals surface area contributed by atoms with Gasteiger partial charge in [0.25, 0.3) is 0 Å². The maximum absolute atomic E-state index is 13.6. The third-order valence-corrected chi connectivity index (χ3v) is 2.51. The van der Waals surface area contributed by atoms with Crippen LogP contribution in [0.2, 0.25) is 0 Å². The Hall–Kier alpha value is -2.11. The van der Waals surface area contributed by atoms with Crippen LogP contribution in [0.1, 0.15) is 24.2 Å². The van der Waals surface area contributed by atoms with E-state index in [0.717, 1.165) is 6.07 Å². The third kappa shape index (κ3) is 3.67. The lowest BCUT2D eigenvalue weighted by molar-refractivity contribution is -0.152. The molecule has 0 amide bonds. The first kappa shape index (κ1) is 14.9. The molecule has 5 nitrogen and oxygen atoms in total. The van der Waals surface area contributed by atoms with E-state index in [4.69, 9.17) is 9.84 Å². The SMILES string of the molecule is COC(=O)C(C)(C)COc1ccc(C(=O)O)cc1F. The van der Waals surface area contributed by atoms with Crippen LogP contribution in [-0.2, 0) is 9.53 Å². The molecule has 0 bridgehead atoms. The highest BCUT2D eigenvalue weighted by molar-refractivity contribution is 5.87. The summed E-state index contributed by atoms with van der Waals surface area (Å²) in [6.07, 6.45) is 0. The molecule has 0 aliphatic carbocycles. The fraction of sp³-hybridized carbons (Fsp3) is 0.385. The van der Waals surface area contributed by atoms with Crippen LogP contribution >= 0.6 is 0 Å². The van der Waals surface area contributed by atoms with Gasteiger partial charge in [0.2, 0.25) is 0 Å². The van der Waals surface area contributed by atoms with Crippen LogP contribution in [0.15, 0.2) is 18.2 Å². The number of carboxylic acid groups (broad SMARTS) is 1. The number of aromatic carboxylic acids is 1. The summed E-state index contributed by atoms with van der Waals surface area (Å²) < 4.78 is 23.3. The number of benzene rings is 1. The van der Waals surface area contributed by atoms with Gasteiger partial charge in [-0.2, -0.15) is 0 Å². The molecule has 0 spiro atoms. The molecule has 0 heterocycles. The zero-order valence-corrected chi connectivity index (χ0v) is 10.9. The second-order valence-electron chi connectivity index (χ2n) is 4.61. The van der Waals surface area contributed by atoms with E-state index < -0.39 is 23.2 Å². The van der Waals surface area contributed by atoms with Gasteiger partial charge in [-0.05, 0) is 32.0 Å². The molecular formula is C13H15FO5. The summed E-state index contributed by atoms with van der Waals surface area (Å²) in [6, 6.07) is 3.31. The summed E-state index contributed by atoms with van der Waals surface area (Å²) in [5, 5.41) is 8.70. The Balaban J connectivity index is 2.79. The Morgan fingerprint density at radius 2 is 2.00 bits per heavy atom. The monoisotopic (exact) mass is 270 g/mol. The van der Waals surface area contributed by atoms with Crippen molar-refractivity contribution in [2.75, 3.05) is 13.7 Å². The topological polar surface area (TPSA) is 72.8 Å². The molecule has 0 aromatic heterocycles. The summed E-state index contributed by atoms with van der Waals surface area (Å²) >= 11 is 0. The molecule has 1 N–H and O–H groups in total. The van der Waals surface area contributed by atoms with E-state index in [1.54, 1.807) is 13.8 Å². The molecule has 0 fully saturated rings. The number of hydrogen-bond acceptors (Lipinski definition) is 4. The van der Waals surface area contributed by atoms with Crippen molar-refractivity contribution in [1.29, 1.82) is 0 Å². The molecule has 19 heavy (non-hydrogen) atoms. The fourth-order valence-corrected chi connectivity index (χ4v) is 1.34. The number of rotatable bonds is 5. The smallest absolute Gasteiger partial charge is 0.335 e. The van der Waals surface area contributed by atoms with Crippen molar-refractivity contribution >= 4 is 11.9 Å². The average molecular weight is 270 g/mol. The van der Waals surface area contributed by atoms with Crippen LogP contribution in [0.4, 0.5) is 4.39 Å². The molecule has 1 aromatic rings. The predicted octanol–water partition coefficient (Wildman–Crippen LogP) is 2.10. The van der Waals surface area contributed by atoms with E-state index in [-0.39, 0.29) is 17.9 Å². The molecule has 104 valence electrons. The Bertz CT molecular complexity index is 496. The second kappa shape index (κ2) is 5.69. The quantitative estimate of drug-likeness (QED) is 0.829. The van der Waals surface area contributed by atoms with Crippen molar-refractivity contribution in [1.82, 2.24) is 0 Å². The highest BCUT2D eigenvalue weighted by Gasteiger charge is 2.30. The van der Waals surface area contributed by atoms with Crippen LogP contribution in [0.3, 0.4) is 0 Å². The van der Waals surface area contributed by atoms with Crippen LogP contribution < -0.4 is 4.74 Å². The van der Waals surface area contributed by atoms with Crippen molar-refractivity contribution in [2.45, 2.75) is 13.8 Å². The largest absolute Gasteiger partial charge is 0.489 e. The van der Waals surface area contributed by atoms with Gasteiger partial charge < -0.3 is 14.6 Å². The third-order valence-electron chi connectivity index (χ3n) is 2.51. The summed E-state index contributed by atoms with van der Waals surface area (Å²) in [6.45, 7) is 3.12. The molecule has 6 heteroatoms. The van der Waals surface area contributed by atoms with Gasteiger partial charge in [0, 0.05) is 0 Å². The molecule has 0 radical (unpaired) electrons. The highest BCUT2D eigenvalue weighted by Crippen LogP contribution is 2.23. The summed E-state index contributed by atoms with van der Waals surface area (Å²) in [5.41, 5.74) is -1.09. The molecule has 0 aliphatic heterocycles. The number of methoxy groups -OCH3 is 1. The van der Waals surface area contributed by atoms with Crippen LogP contribution in [-0.4, -0.2) is 30.8 Å². The molecule has 0 aliphatic rings. The normalized spacial score (nSPS) is 10.9. The van der Waals surface area contributed by atoms with E-state index in [2.05, 4.69) is 4.74 Å². The van der Waals surface area contributed by atoms with Gasteiger partial charge in [0.1, 0.15) is 6.61 Å². The van der Waals surface area contributed by atoms with E-state index >= 15 is 0 Å². The lowest BCUT2D eigenvalue weighted by Gasteiger charge is -2.21. The summed E-state index contributed by atoms with van der Waals surface area (Å²) in [5.74, 6) is -2.60. The molecule has 1 aromatic carbocycles. The number of ether oxygens (including phenoxy) is 2. The van der Waals surface area contributed by atoms with Crippen LogP contribution in [0.5, 0.6) is 5.75 Å². The van der Waals surface area contributed by atoms with Gasteiger partial charge in [0.15, 0.2) is 11.6 Å². The Labute approximate surface area is 109 Å². The molecular weight excluding hydrogens is 255 g/mol. The summed E-state index contributed by atoms with van der Waals surface area (Å²) in [7, 11) is 1.26. The molecule has 0 unspecified atom stereocenters. The van der Waals surface area contributed by atoms with Crippen molar-refractivity contribution in [3.8, 4) is 5.75 Å². The number of esters is 1. The Kier molecular flexibility index (Phi) is 4.47. The predicted molar refractivity (Wildman–Crippen MR) is 64.7 cm³/mol. The number of hydrogen-bond donors (Lipinski definition) is 1. The maximum Gasteiger partial charge on any atom is 0.335 e. The molecule has 0 atom stereocenters. The van der Waals surface area contributed by atoms with Crippen LogP contribution in [0.25, 0.3) is 0 Å². The minimum atomic E-state index is -1.22. The van der Waals surface area contributed by atoms with E-state index in [1.807, 2.05) is 0 Å². The van der Waals surface area contributed by atoms with Gasteiger partial charge in [-0.25, -0.2) is 9.18 Å². The first-order valence-electron chi connectivity index (χ1n) is 5.52. The molecule has 1 rings (SSSR count). The first-order chi connectivity index (χ1) is 8.77. The maximum atomic E-state index is 13.6. The van der Waals surface area contributed by atoms with Crippen molar-refractivity contribution in [2.24, 2.45) is 5.41 Å². The molecule has 0 saturated carbocycles. The Morgan fingerprint density at radius 3 is 2.47 bits per heavy atom. The van der Waals surface area contributed by atoms with Gasteiger partial charge in [-0.15, -0.1) is 0 Å². The number of carbonyl (C=O) groups excluding carboxylic acids is 1. The lowest BCUT2D eigenvalue weighted by atomic mass is 9.95. The lowest BCUT2D eigenvalue weighted by Crippen LogP contribution is -2.32. The van der Waals surface area contributed by atoms with Crippen molar-refractivity contribution in [3.05, 3.63) is 29.6 Å². The fourth-order valence-electron chi connectivity index (χ4n) is 1.34. The highest BCUT2D eigenvalue weighted by atomic mass is 19.1. The first-order valence-corrected chi connectivity index (χ1v) is 5.52. The molecule has 0 saturated heterocycles. The van der Waals surface area contributed by atoms with Gasteiger partial charge in [0.05, 0.1) is 18.1 Å². The van der Waals surface area contributed by atoms with Crippen molar-refractivity contribution < 1.29 is 28.6 Å². The number of halogens is 1. The standard InChI is InChI=1S/C13H15FO5/c1-13(2,12(17)18-3)7-19-10-5-4-8(11(15)16)6-9(10)14/h4-6H,7H2,1-3H3,(H,15,16). The second-order valence-corrected chi connectivity index (χ2v) is 4.61. The van der Waals surface area contributed by atoms with Gasteiger partial charge in [-0.3, -0.25) is 4.79 Å². The zero-order chi connectivity index (χ0) is 14.6. The van der Waals surface area contributed by atoms with E-state index in [0.29, 0.717) is 0 Å². The van der Waals surface area contributed by atoms with Crippen molar-refractivity contribution in [3.63, 3.8) is 0 Å². The average Bonchev–Trinajstić information content (AvgIpc) is 2.36. The van der Waals surface area contributed by atoms with Gasteiger partial charge >= 0.3 is 11.9 Å². The van der Waals surface area contributed by atoms with Gasteiger partial charge in [-0.1, -0.05) is 0 Å². The van der Waals surface area contributed by atoms with E-state index in [1.165, 1.54) is 19.2 Å². The zero-order valence-electron chi connectivity index (χ0n) is 10.9. The minimum absolute atomic E-state index is 0.0803.